The number of carboxylic acid groups (broad SMARTS) is 1. The molecular weight excluding hydrogens is 338 g/mol. The van der Waals surface area contributed by atoms with Crippen LogP contribution in [0.25, 0.3) is 0 Å². The van der Waals surface area contributed by atoms with E-state index >= 15 is 0 Å². The number of ether oxygens (including phenoxy) is 1. The third-order valence-corrected chi connectivity index (χ3v) is 4.28. The lowest BCUT2D eigenvalue weighted by molar-refractivity contribution is -0.143. The van der Waals surface area contributed by atoms with Crippen LogP contribution < -0.4 is 5.32 Å². The van der Waals surface area contributed by atoms with Gasteiger partial charge in [-0.3, -0.25) is 19.4 Å². The normalized spacial score (nSPS) is 21.8. The smallest absolute Gasteiger partial charge is 0.300 e. The molecule has 1 aromatic heterocycles. The van der Waals surface area contributed by atoms with Gasteiger partial charge in [0, 0.05) is 31.4 Å². The third kappa shape index (κ3) is 5.52. The molecule has 1 spiro atoms. The van der Waals surface area contributed by atoms with Gasteiger partial charge in [0.1, 0.15) is 12.2 Å². The van der Waals surface area contributed by atoms with E-state index in [1.165, 1.54) is 0 Å². The molecule has 26 heavy (non-hydrogen) atoms. The highest BCUT2D eigenvalue weighted by Gasteiger charge is 2.43. The molecule has 0 saturated carbocycles. The van der Waals surface area contributed by atoms with Crippen molar-refractivity contribution in [1.29, 1.82) is 0 Å². The van der Waals surface area contributed by atoms with Crippen LogP contribution in [0, 0.1) is 13.8 Å². The first-order valence-corrected chi connectivity index (χ1v) is 8.51. The number of amides is 2. The maximum Gasteiger partial charge on any atom is 0.300 e. The van der Waals surface area contributed by atoms with Crippen molar-refractivity contribution in [3.8, 4) is 0 Å². The molecule has 1 unspecified atom stereocenters. The van der Waals surface area contributed by atoms with Crippen LogP contribution in [0.15, 0.2) is 12.1 Å². The molecule has 2 fully saturated rings. The van der Waals surface area contributed by atoms with Crippen molar-refractivity contribution < 1.29 is 24.2 Å². The maximum absolute atomic E-state index is 12.5. The molecule has 2 saturated heterocycles. The molecule has 2 aliphatic heterocycles. The molecule has 0 bridgehead atoms. The Kier molecular flexibility index (Phi) is 6.31. The second-order valence-corrected chi connectivity index (χ2v) is 6.77. The van der Waals surface area contributed by atoms with E-state index in [1.807, 2.05) is 30.9 Å². The van der Waals surface area contributed by atoms with Gasteiger partial charge < -0.3 is 20.1 Å². The minimum absolute atomic E-state index is 0.0851. The minimum Gasteiger partial charge on any atom is -0.481 e. The zero-order chi connectivity index (χ0) is 19.3. The predicted molar refractivity (Wildman–Crippen MR) is 93.6 cm³/mol. The number of hydrogen-bond acceptors (Lipinski definition) is 5. The summed E-state index contributed by atoms with van der Waals surface area (Å²) in [6, 6.07) is 3.90. The Hall–Kier alpha value is -2.48. The molecule has 0 aliphatic carbocycles. The summed E-state index contributed by atoms with van der Waals surface area (Å²) < 4.78 is 5.69. The van der Waals surface area contributed by atoms with Crippen molar-refractivity contribution in [2.24, 2.45) is 0 Å². The lowest BCUT2D eigenvalue weighted by Gasteiger charge is -2.33. The standard InChI is InChI=1S/C16H21N3O3.C2H4O2/c1-11-5-13(6-12(2)18-11)7-15(21)19-4-3-16(10-19)9-17-14(20)8-22-16;1-2(3)4/h5-6H,3-4,7-10H2,1-2H3,(H,17,20);1H3,(H,3,4). The van der Waals surface area contributed by atoms with Gasteiger partial charge in [0.15, 0.2) is 0 Å². The van der Waals surface area contributed by atoms with Crippen LogP contribution in [0.3, 0.4) is 0 Å². The number of aryl methyl sites for hydroxylation is 2. The van der Waals surface area contributed by atoms with Crippen molar-refractivity contribution in [1.82, 2.24) is 15.2 Å². The van der Waals surface area contributed by atoms with Crippen LogP contribution in [0.2, 0.25) is 0 Å². The predicted octanol–water partition coefficient (Wildman–Crippen LogP) is 0.449. The second kappa shape index (κ2) is 8.27. The van der Waals surface area contributed by atoms with E-state index in [9.17, 15) is 9.59 Å². The molecule has 0 radical (unpaired) electrons. The van der Waals surface area contributed by atoms with Gasteiger partial charge in [-0.1, -0.05) is 0 Å². The average Bonchev–Trinajstić information content (AvgIpc) is 2.93. The van der Waals surface area contributed by atoms with Gasteiger partial charge in [-0.15, -0.1) is 0 Å². The highest BCUT2D eigenvalue weighted by atomic mass is 16.5. The molecule has 142 valence electrons. The van der Waals surface area contributed by atoms with Gasteiger partial charge in [0.05, 0.1) is 13.0 Å². The van der Waals surface area contributed by atoms with E-state index in [-0.39, 0.29) is 18.4 Å². The molecule has 2 aliphatic rings. The minimum atomic E-state index is -0.833. The number of carbonyl (C=O) groups excluding carboxylic acids is 2. The number of rotatable bonds is 2. The van der Waals surface area contributed by atoms with Gasteiger partial charge in [-0.25, -0.2) is 0 Å². The number of aliphatic carboxylic acids is 1. The van der Waals surface area contributed by atoms with Crippen LogP contribution in [0.1, 0.15) is 30.3 Å². The summed E-state index contributed by atoms with van der Waals surface area (Å²) in [6.45, 7) is 6.76. The number of carbonyl (C=O) groups is 3. The molecule has 1 atom stereocenters. The maximum atomic E-state index is 12.5. The fourth-order valence-corrected chi connectivity index (χ4v) is 3.21. The van der Waals surface area contributed by atoms with Crippen LogP contribution in [-0.4, -0.2) is 64.6 Å². The fourth-order valence-electron chi connectivity index (χ4n) is 3.21. The molecule has 2 N–H and O–H groups in total. The number of hydrogen-bond donors (Lipinski definition) is 2. The van der Waals surface area contributed by atoms with Crippen LogP contribution >= 0.6 is 0 Å². The van der Waals surface area contributed by atoms with Crippen molar-refractivity contribution >= 4 is 17.8 Å². The molecular formula is C18H25N3O5. The van der Waals surface area contributed by atoms with Crippen LogP contribution in [0.5, 0.6) is 0 Å². The molecule has 8 heteroatoms. The Labute approximate surface area is 152 Å². The van der Waals surface area contributed by atoms with E-state index in [4.69, 9.17) is 14.6 Å². The second-order valence-electron chi connectivity index (χ2n) is 6.77. The van der Waals surface area contributed by atoms with Gasteiger partial charge >= 0.3 is 0 Å². The van der Waals surface area contributed by atoms with Crippen molar-refractivity contribution in [2.45, 2.75) is 39.2 Å². The monoisotopic (exact) mass is 363 g/mol. The first kappa shape index (κ1) is 19.8. The number of carboxylic acids is 1. The summed E-state index contributed by atoms with van der Waals surface area (Å²) >= 11 is 0. The molecule has 3 rings (SSSR count). The summed E-state index contributed by atoms with van der Waals surface area (Å²) in [5.74, 6) is -0.819. The number of likely N-dealkylation sites (tertiary alicyclic amines) is 1. The Morgan fingerprint density at radius 3 is 2.50 bits per heavy atom. The zero-order valence-corrected chi connectivity index (χ0v) is 15.4. The lowest BCUT2D eigenvalue weighted by Crippen LogP contribution is -2.54. The molecule has 2 amide bonds. The summed E-state index contributed by atoms with van der Waals surface area (Å²) in [5, 5.41) is 10.2. The van der Waals surface area contributed by atoms with Gasteiger partial charge in [0.2, 0.25) is 11.8 Å². The molecule has 3 heterocycles. The van der Waals surface area contributed by atoms with E-state index < -0.39 is 11.6 Å². The Bertz CT molecular complexity index is 670. The van der Waals surface area contributed by atoms with Crippen molar-refractivity contribution in [3.63, 3.8) is 0 Å². The number of nitrogens with one attached hydrogen (secondary N) is 1. The van der Waals surface area contributed by atoms with Crippen molar-refractivity contribution in [2.75, 3.05) is 26.2 Å². The van der Waals surface area contributed by atoms with Gasteiger partial charge in [0.25, 0.3) is 5.97 Å². The highest BCUT2D eigenvalue weighted by Crippen LogP contribution is 2.27. The first-order valence-electron chi connectivity index (χ1n) is 8.51. The molecule has 0 aromatic carbocycles. The SMILES string of the molecule is CC(=O)O.Cc1cc(CC(=O)N2CCC3(CNC(=O)CO3)C2)cc(C)n1. The highest BCUT2D eigenvalue weighted by molar-refractivity contribution is 5.80. The van der Waals surface area contributed by atoms with Gasteiger partial charge in [-0.2, -0.15) is 0 Å². The molecule has 8 nitrogen and oxygen atoms in total. The van der Waals surface area contributed by atoms with Crippen LogP contribution in [0.4, 0.5) is 0 Å². The largest absolute Gasteiger partial charge is 0.481 e. The Morgan fingerprint density at radius 1 is 1.35 bits per heavy atom. The molecule has 1 aromatic rings. The number of morpholine rings is 1. The average molecular weight is 363 g/mol. The Balaban J connectivity index is 0.000000552. The summed E-state index contributed by atoms with van der Waals surface area (Å²) in [5.41, 5.74) is 2.46. The fraction of sp³-hybridized carbons (Fsp3) is 0.556. The van der Waals surface area contributed by atoms with Crippen LogP contribution in [-0.2, 0) is 25.5 Å². The Morgan fingerprint density at radius 2 is 1.96 bits per heavy atom. The summed E-state index contributed by atoms with van der Waals surface area (Å²) in [7, 11) is 0. The van der Waals surface area contributed by atoms with E-state index in [1.54, 1.807) is 0 Å². The number of aromatic nitrogens is 1. The topological polar surface area (TPSA) is 109 Å². The van der Waals surface area contributed by atoms with Crippen molar-refractivity contribution in [3.05, 3.63) is 29.1 Å². The van der Waals surface area contributed by atoms with E-state index in [0.29, 0.717) is 26.1 Å². The summed E-state index contributed by atoms with van der Waals surface area (Å²) in [6.07, 6.45) is 1.15. The van der Waals surface area contributed by atoms with Gasteiger partial charge in [-0.05, 0) is 38.0 Å². The first-order chi connectivity index (χ1) is 12.2. The van der Waals surface area contributed by atoms with E-state index in [0.717, 1.165) is 30.3 Å². The summed E-state index contributed by atoms with van der Waals surface area (Å²) in [4.78, 5) is 38.9. The van der Waals surface area contributed by atoms with E-state index in [2.05, 4.69) is 10.3 Å². The quantitative estimate of drug-likeness (QED) is 0.790. The lowest BCUT2D eigenvalue weighted by atomic mass is 10.0. The number of pyridine rings is 1. The number of nitrogens with zero attached hydrogens (tertiary/aromatic N) is 2. The third-order valence-electron chi connectivity index (χ3n) is 4.28. The zero-order valence-electron chi connectivity index (χ0n) is 15.4.